The predicted octanol–water partition coefficient (Wildman–Crippen LogP) is 6.04. The standard InChI is InChI=1S/C20H32O/c1-16(2)10-12-20(17(3)4)13-11-18(5)8-7-9-19(6)14-15-21/h8,10,12,14-15,17,20H,1,7,9,11,13H2,2-6H3/b12-10+,18-8+,19-14-/t20-/m1/s1. The van der Waals surface area contributed by atoms with E-state index in [1.54, 1.807) is 6.08 Å². The number of aldehydes is 1. The molecule has 0 aromatic carbocycles. The smallest absolute Gasteiger partial charge is 0.142 e. The van der Waals surface area contributed by atoms with Crippen LogP contribution in [0.25, 0.3) is 0 Å². The zero-order chi connectivity index (χ0) is 16.3. The molecule has 0 saturated carbocycles. The molecule has 0 heterocycles. The summed E-state index contributed by atoms with van der Waals surface area (Å²) in [5.41, 5.74) is 3.71. The average Bonchev–Trinajstić information content (AvgIpc) is 2.38. The molecule has 0 fully saturated rings. The number of carbonyl (C=O) groups excluding carboxylic acids is 1. The van der Waals surface area contributed by atoms with Crippen molar-refractivity contribution in [3.63, 3.8) is 0 Å². The van der Waals surface area contributed by atoms with Gasteiger partial charge in [0.15, 0.2) is 0 Å². The van der Waals surface area contributed by atoms with Crippen molar-refractivity contribution in [2.24, 2.45) is 11.8 Å². The molecule has 21 heavy (non-hydrogen) atoms. The van der Waals surface area contributed by atoms with Crippen LogP contribution in [0.5, 0.6) is 0 Å². The van der Waals surface area contributed by atoms with Crippen molar-refractivity contribution in [3.8, 4) is 0 Å². The molecule has 1 atom stereocenters. The maximum Gasteiger partial charge on any atom is 0.142 e. The van der Waals surface area contributed by atoms with E-state index in [1.807, 2.05) is 13.8 Å². The van der Waals surface area contributed by atoms with Crippen LogP contribution in [0, 0.1) is 11.8 Å². The van der Waals surface area contributed by atoms with Crippen molar-refractivity contribution >= 4 is 6.29 Å². The van der Waals surface area contributed by atoms with Gasteiger partial charge >= 0.3 is 0 Å². The molecule has 0 unspecified atom stereocenters. The highest BCUT2D eigenvalue weighted by atomic mass is 16.1. The van der Waals surface area contributed by atoms with Crippen molar-refractivity contribution < 1.29 is 4.79 Å². The van der Waals surface area contributed by atoms with Gasteiger partial charge in [0.05, 0.1) is 0 Å². The van der Waals surface area contributed by atoms with Crippen molar-refractivity contribution in [3.05, 3.63) is 47.6 Å². The van der Waals surface area contributed by atoms with E-state index in [0.717, 1.165) is 36.7 Å². The van der Waals surface area contributed by atoms with Crippen LogP contribution in [0.3, 0.4) is 0 Å². The molecule has 0 spiro atoms. The van der Waals surface area contributed by atoms with E-state index in [1.165, 1.54) is 12.0 Å². The van der Waals surface area contributed by atoms with Gasteiger partial charge in [-0.05, 0) is 64.4 Å². The van der Waals surface area contributed by atoms with Crippen LogP contribution in [0.4, 0.5) is 0 Å². The summed E-state index contributed by atoms with van der Waals surface area (Å²) < 4.78 is 0. The van der Waals surface area contributed by atoms with Gasteiger partial charge in [-0.2, -0.15) is 0 Å². The molecule has 0 rings (SSSR count). The van der Waals surface area contributed by atoms with Crippen LogP contribution in [-0.2, 0) is 4.79 Å². The number of carbonyl (C=O) groups is 1. The largest absolute Gasteiger partial charge is 0.299 e. The van der Waals surface area contributed by atoms with E-state index in [4.69, 9.17) is 0 Å². The summed E-state index contributed by atoms with van der Waals surface area (Å²) in [5, 5.41) is 0. The van der Waals surface area contributed by atoms with Crippen LogP contribution in [0.1, 0.15) is 60.3 Å². The Bertz CT molecular complexity index is 408. The second kappa shape index (κ2) is 11.3. The minimum atomic E-state index is 0.613. The summed E-state index contributed by atoms with van der Waals surface area (Å²) in [5.74, 6) is 1.27. The Morgan fingerprint density at radius 2 is 1.76 bits per heavy atom. The lowest BCUT2D eigenvalue weighted by molar-refractivity contribution is -0.104. The normalized spacial score (nSPS) is 14.8. The lowest BCUT2D eigenvalue weighted by Gasteiger charge is -2.17. The van der Waals surface area contributed by atoms with Crippen LogP contribution < -0.4 is 0 Å². The number of rotatable bonds is 10. The first-order valence-electron chi connectivity index (χ1n) is 7.97. The number of hydrogen-bond acceptors (Lipinski definition) is 1. The highest BCUT2D eigenvalue weighted by Crippen LogP contribution is 2.22. The summed E-state index contributed by atoms with van der Waals surface area (Å²) in [6.07, 6.45) is 13.6. The molecule has 118 valence electrons. The molecule has 0 saturated heterocycles. The quantitative estimate of drug-likeness (QED) is 0.207. The van der Waals surface area contributed by atoms with E-state index in [-0.39, 0.29) is 0 Å². The van der Waals surface area contributed by atoms with Crippen LogP contribution in [0.2, 0.25) is 0 Å². The van der Waals surface area contributed by atoms with Crippen LogP contribution in [-0.4, -0.2) is 6.29 Å². The molecule has 0 bridgehead atoms. The Hall–Kier alpha value is -1.37. The molecule has 0 aromatic rings. The van der Waals surface area contributed by atoms with Crippen molar-refractivity contribution in [1.82, 2.24) is 0 Å². The van der Waals surface area contributed by atoms with Crippen LogP contribution >= 0.6 is 0 Å². The van der Waals surface area contributed by atoms with E-state index >= 15 is 0 Å². The second-order valence-corrected chi connectivity index (χ2v) is 6.39. The highest BCUT2D eigenvalue weighted by molar-refractivity contribution is 5.65. The number of allylic oxidation sites excluding steroid dienone is 7. The molecular formula is C20H32O. The van der Waals surface area contributed by atoms with Crippen molar-refractivity contribution in [2.45, 2.75) is 60.3 Å². The Labute approximate surface area is 131 Å². The van der Waals surface area contributed by atoms with Gasteiger partial charge in [0.25, 0.3) is 0 Å². The minimum Gasteiger partial charge on any atom is -0.299 e. The van der Waals surface area contributed by atoms with Gasteiger partial charge in [-0.3, -0.25) is 4.79 Å². The van der Waals surface area contributed by atoms with Crippen LogP contribution in [0.15, 0.2) is 47.6 Å². The first-order valence-corrected chi connectivity index (χ1v) is 7.97. The number of hydrogen-bond donors (Lipinski definition) is 0. The van der Waals surface area contributed by atoms with E-state index in [0.29, 0.717) is 11.8 Å². The first kappa shape index (κ1) is 19.6. The third-order valence-corrected chi connectivity index (χ3v) is 3.74. The first-order chi connectivity index (χ1) is 9.86. The summed E-state index contributed by atoms with van der Waals surface area (Å²) in [7, 11) is 0. The highest BCUT2D eigenvalue weighted by Gasteiger charge is 2.09. The molecule has 0 N–H and O–H groups in total. The zero-order valence-electron chi connectivity index (χ0n) is 14.5. The monoisotopic (exact) mass is 288 g/mol. The second-order valence-electron chi connectivity index (χ2n) is 6.39. The summed E-state index contributed by atoms with van der Waals surface area (Å²) in [4.78, 5) is 10.4. The van der Waals surface area contributed by atoms with Gasteiger partial charge in [0.2, 0.25) is 0 Å². The SMILES string of the molecule is C=C(C)/C=C/[C@H](CC/C(C)=C/CC/C(C)=C\C=O)C(C)C. The average molecular weight is 288 g/mol. The Morgan fingerprint density at radius 3 is 2.29 bits per heavy atom. The summed E-state index contributed by atoms with van der Waals surface area (Å²) in [6.45, 7) is 14.7. The molecule has 0 aliphatic carbocycles. The third-order valence-electron chi connectivity index (χ3n) is 3.74. The topological polar surface area (TPSA) is 17.1 Å². The molecule has 0 aliphatic heterocycles. The molecule has 0 aromatic heterocycles. The molecule has 1 nitrogen and oxygen atoms in total. The van der Waals surface area contributed by atoms with E-state index in [2.05, 4.69) is 45.6 Å². The zero-order valence-corrected chi connectivity index (χ0v) is 14.5. The lowest BCUT2D eigenvalue weighted by Crippen LogP contribution is -2.05. The van der Waals surface area contributed by atoms with Gasteiger partial charge in [0, 0.05) is 0 Å². The fourth-order valence-electron chi connectivity index (χ4n) is 2.18. The fourth-order valence-corrected chi connectivity index (χ4v) is 2.18. The Balaban J connectivity index is 4.29. The lowest BCUT2D eigenvalue weighted by atomic mass is 9.89. The maximum absolute atomic E-state index is 10.4. The van der Waals surface area contributed by atoms with Gasteiger partial charge < -0.3 is 0 Å². The molecule has 0 amide bonds. The molecule has 1 heteroatoms. The Morgan fingerprint density at radius 1 is 1.10 bits per heavy atom. The van der Waals surface area contributed by atoms with E-state index in [9.17, 15) is 4.79 Å². The van der Waals surface area contributed by atoms with Gasteiger partial charge in [-0.25, -0.2) is 0 Å². The maximum atomic E-state index is 10.4. The van der Waals surface area contributed by atoms with Gasteiger partial charge in [-0.1, -0.05) is 55.4 Å². The molecule has 0 aliphatic rings. The summed E-state index contributed by atoms with van der Waals surface area (Å²) >= 11 is 0. The van der Waals surface area contributed by atoms with E-state index < -0.39 is 0 Å². The predicted molar refractivity (Wildman–Crippen MR) is 94.3 cm³/mol. The minimum absolute atomic E-state index is 0.613. The van der Waals surface area contributed by atoms with Crippen molar-refractivity contribution in [1.29, 1.82) is 0 Å². The molecule has 0 radical (unpaired) electrons. The Kier molecular flexibility index (Phi) is 10.6. The van der Waals surface area contributed by atoms with Crippen molar-refractivity contribution in [2.75, 3.05) is 0 Å². The van der Waals surface area contributed by atoms with Gasteiger partial charge in [-0.15, -0.1) is 0 Å². The fraction of sp³-hybridized carbons (Fsp3) is 0.550. The third kappa shape index (κ3) is 11.0. The van der Waals surface area contributed by atoms with Gasteiger partial charge in [0.1, 0.15) is 6.29 Å². The summed E-state index contributed by atoms with van der Waals surface area (Å²) in [6, 6.07) is 0. The molecular weight excluding hydrogens is 256 g/mol.